The minimum Gasteiger partial charge on any atom is -0.362 e. The molecule has 4 heteroatoms. The fraction of sp³-hybridized carbons (Fsp3) is 0.571. The summed E-state index contributed by atoms with van der Waals surface area (Å²) in [4.78, 5) is 4.40. The standard InChI is InChI=1S/C14H22FN3/c1-14(2)10-18(11(8-16)9-17(14)3)13-7-5-4-6-12(13)15/h4-7,11H,8-10,16H2,1-3H3. The third-order valence-corrected chi connectivity index (χ3v) is 3.95. The molecule has 100 valence electrons. The molecule has 0 bridgehead atoms. The molecule has 1 aliphatic heterocycles. The van der Waals surface area contributed by atoms with E-state index in [1.54, 1.807) is 6.07 Å². The van der Waals surface area contributed by atoms with Crippen LogP contribution in [-0.4, -0.2) is 43.2 Å². The summed E-state index contributed by atoms with van der Waals surface area (Å²) in [6, 6.07) is 7.10. The van der Waals surface area contributed by atoms with Gasteiger partial charge in [0.25, 0.3) is 0 Å². The van der Waals surface area contributed by atoms with Crippen molar-refractivity contribution in [1.82, 2.24) is 4.90 Å². The summed E-state index contributed by atoms with van der Waals surface area (Å²) >= 11 is 0. The highest BCUT2D eigenvalue weighted by atomic mass is 19.1. The summed E-state index contributed by atoms with van der Waals surface area (Å²) < 4.78 is 13.9. The van der Waals surface area contributed by atoms with Gasteiger partial charge in [-0.05, 0) is 33.0 Å². The minimum absolute atomic E-state index is 0.0218. The number of halogens is 1. The first-order valence-corrected chi connectivity index (χ1v) is 6.38. The monoisotopic (exact) mass is 251 g/mol. The fourth-order valence-electron chi connectivity index (χ4n) is 2.50. The lowest BCUT2D eigenvalue weighted by Crippen LogP contribution is -2.64. The number of hydrogen-bond acceptors (Lipinski definition) is 3. The van der Waals surface area contributed by atoms with Crippen molar-refractivity contribution in [3.8, 4) is 0 Å². The largest absolute Gasteiger partial charge is 0.362 e. The zero-order chi connectivity index (χ0) is 13.3. The lowest BCUT2D eigenvalue weighted by molar-refractivity contribution is 0.116. The van der Waals surface area contributed by atoms with E-state index in [2.05, 4.69) is 30.7 Å². The van der Waals surface area contributed by atoms with Gasteiger partial charge in [-0.15, -0.1) is 0 Å². The molecule has 1 fully saturated rings. The van der Waals surface area contributed by atoms with Crippen LogP contribution in [0, 0.1) is 5.82 Å². The Morgan fingerprint density at radius 2 is 2.06 bits per heavy atom. The molecule has 1 aromatic carbocycles. The third kappa shape index (κ3) is 2.35. The van der Waals surface area contributed by atoms with E-state index in [-0.39, 0.29) is 17.4 Å². The van der Waals surface area contributed by atoms with Crippen molar-refractivity contribution in [3.05, 3.63) is 30.1 Å². The molecule has 0 aromatic heterocycles. The van der Waals surface area contributed by atoms with Gasteiger partial charge in [-0.2, -0.15) is 0 Å². The van der Waals surface area contributed by atoms with Crippen molar-refractivity contribution in [1.29, 1.82) is 0 Å². The van der Waals surface area contributed by atoms with Crippen LogP contribution >= 0.6 is 0 Å². The highest BCUT2D eigenvalue weighted by Crippen LogP contribution is 2.29. The second-order valence-electron chi connectivity index (χ2n) is 5.66. The molecule has 2 rings (SSSR count). The predicted molar refractivity (Wildman–Crippen MR) is 73.3 cm³/mol. The minimum atomic E-state index is -0.170. The molecule has 0 spiro atoms. The van der Waals surface area contributed by atoms with E-state index in [9.17, 15) is 4.39 Å². The molecule has 3 nitrogen and oxygen atoms in total. The highest BCUT2D eigenvalue weighted by Gasteiger charge is 2.37. The van der Waals surface area contributed by atoms with Gasteiger partial charge >= 0.3 is 0 Å². The predicted octanol–water partition coefficient (Wildman–Crippen LogP) is 1.68. The van der Waals surface area contributed by atoms with Gasteiger partial charge in [0.1, 0.15) is 5.82 Å². The molecule has 0 saturated carbocycles. The van der Waals surface area contributed by atoms with Crippen LogP contribution in [0.25, 0.3) is 0 Å². The second kappa shape index (κ2) is 4.86. The molecule has 0 radical (unpaired) electrons. The van der Waals surface area contributed by atoms with Gasteiger partial charge in [0.15, 0.2) is 0 Å². The summed E-state index contributed by atoms with van der Waals surface area (Å²) in [6.45, 7) is 6.53. The number of benzene rings is 1. The molecule has 1 unspecified atom stereocenters. The van der Waals surface area contributed by atoms with Crippen molar-refractivity contribution >= 4 is 5.69 Å². The van der Waals surface area contributed by atoms with Crippen LogP contribution in [0.5, 0.6) is 0 Å². The maximum Gasteiger partial charge on any atom is 0.146 e. The van der Waals surface area contributed by atoms with E-state index in [4.69, 9.17) is 5.73 Å². The number of likely N-dealkylation sites (N-methyl/N-ethyl adjacent to an activating group) is 1. The first-order valence-electron chi connectivity index (χ1n) is 6.38. The van der Waals surface area contributed by atoms with Crippen LogP contribution in [0.1, 0.15) is 13.8 Å². The molecule has 18 heavy (non-hydrogen) atoms. The van der Waals surface area contributed by atoms with Gasteiger partial charge in [-0.3, -0.25) is 4.90 Å². The first-order chi connectivity index (χ1) is 8.45. The summed E-state index contributed by atoms with van der Waals surface area (Å²) in [6.07, 6.45) is 0. The SMILES string of the molecule is CN1CC(CN)N(c2ccccc2F)CC1(C)C. The number of nitrogens with two attached hydrogens (primary N) is 1. The van der Waals surface area contributed by atoms with Crippen molar-refractivity contribution in [2.75, 3.05) is 31.6 Å². The maximum absolute atomic E-state index is 13.9. The third-order valence-electron chi connectivity index (χ3n) is 3.95. The second-order valence-corrected chi connectivity index (χ2v) is 5.66. The van der Waals surface area contributed by atoms with Crippen molar-refractivity contribution < 1.29 is 4.39 Å². The fourth-order valence-corrected chi connectivity index (χ4v) is 2.50. The molecule has 1 atom stereocenters. The van der Waals surface area contributed by atoms with Crippen molar-refractivity contribution in [2.24, 2.45) is 5.73 Å². The Labute approximate surface area is 108 Å². The number of hydrogen-bond donors (Lipinski definition) is 1. The molecule has 1 saturated heterocycles. The maximum atomic E-state index is 13.9. The van der Waals surface area contributed by atoms with Crippen LogP contribution < -0.4 is 10.6 Å². The highest BCUT2D eigenvalue weighted by molar-refractivity contribution is 5.50. The zero-order valence-corrected chi connectivity index (χ0v) is 11.4. The first kappa shape index (κ1) is 13.3. The number of piperazine rings is 1. The van der Waals surface area contributed by atoms with Crippen LogP contribution in [-0.2, 0) is 0 Å². The summed E-state index contributed by atoms with van der Waals surface area (Å²) in [5, 5.41) is 0. The van der Waals surface area contributed by atoms with E-state index in [0.29, 0.717) is 12.2 Å². The smallest absolute Gasteiger partial charge is 0.146 e. The summed E-state index contributed by atoms with van der Waals surface area (Å²) in [7, 11) is 2.10. The molecule has 2 N–H and O–H groups in total. The Balaban J connectivity index is 2.33. The number of nitrogens with zero attached hydrogens (tertiary/aromatic N) is 2. The number of para-hydroxylation sites is 1. The Morgan fingerprint density at radius 1 is 1.39 bits per heavy atom. The Kier molecular flexibility index (Phi) is 3.59. The molecule has 0 aliphatic carbocycles. The van der Waals surface area contributed by atoms with Gasteiger partial charge in [0, 0.05) is 25.2 Å². The topological polar surface area (TPSA) is 32.5 Å². The molecule has 1 aromatic rings. The molecule has 1 aliphatic rings. The quantitative estimate of drug-likeness (QED) is 0.868. The van der Waals surface area contributed by atoms with Gasteiger partial charge in [-0.1, -0.05) is 12.1 Å². The van der Waals surface area contributed by atoms with Gasteiger partial charge in [-0.25, -0.2) is 4.39 Å². The Morgan fingerprint density at radius 3 is 2.67 bits per heavy atom. The van der Waals surface area contributed by atoms with E-state index in [1.807, 2.05) is 12.1 Å². The number of rotatable bonds is 2. The molecular weight excluding hydrogens is 229 g/mol. The van der Waals surface area contributed by atoms with Gasteiger partial charge in [0.05, 0.1) is 11.7 Å². The van der Waals surface area contributed by atoms with Crippen LogP contribution in [0.3, 0.4) is 0 Å². The van der Waals surface area contributed by atoms with E-state index < -0.39 is 0 Å². The van der Waals surface area contributed by atoms with Gasteiger partial charge in [0.2, 0.25) is 0 Å². The average molecular weight is 251 g/mol. The van der Waals surface area contributed by atoms with E-state index in [0.717, 1.165) is 13.1 Å². The Hall–Kier alpha value is -1.13. The van der Waals surface area contributed by atoms with Gasteiger partial charge < -0.3 is 10.6 Å². The van der Waals surface area contributed by atoms with E-state index >= 15 is 0 Å². The van der Waals surface area contributed by atoms with Crippen LogP contribution in [0.4, 0.5) is 10.1 Å². The van der Waals surface area contributed by atoms with Crippen LogP contribution in [0.15, 0.2) is 24.3 Å². The number of anilines is 1. The average Bonchev–Trinajstić information content (AvgIpc) is 2.33. The van der Waals surface area contributed by atoms with E-state index in [1.165, 1.54) is 6.07 Å². The molecule has 0 amide bonds. The lowest BCUT2D eigenvalue weighted by atomic mass is 9.95. The van der Waals surface area contributed by atoms with Crippen LogP contribution in [0.2, 0.25) is 0 Å². The zero-order valence-electron chi connectivity index (χ0n) is 11.4. The van der Waals surface area contributed by atoms with Crippen molar-refractivity contribution in [2.45, 2.75) is 25.4 Å². The lowest BCUT2D eigenvalue weighted by Gasteiger charge is -2.50. The van der Waals surface area contributed by atoms with Crippen molar-refractivity contribution in [3.63, 3.8) is 0 Å². The molecular formula is C14H22FN3. The normalized spacial score (nSPS) is 24.3. The Bertz CT molecular complexity index is 419. The summed E-state index contributed by atoms with van der Waals surface area (Å²) in [5.74, 6) is -0.170. The molecule has 1 heterocycles. The summed E-state index contributed by atoms with van der Waals surface area (Å²) in [5.41, 5.74) is 6.52.